The predicted molar refractivity (Wildman–Crippen MR) is 182 cm³/mol. The zero-order valence-corrected chi connectivity index (χ0v) is 23.8. The Morgan fingerprint density at radius 3 is 1.70 bits per heavy atom. The molecule has 2 aromatic heterocycles. The maximum atomic E-state index is 5.24. The van der Waals surface area contributed by atoms with E-state index in [1.54, 1.807) is 11.3 Å². The van der Waals surface area contributed by atoms with Gasteiger partial charge >= 0.3 is 0 Å². The fourth-order valence-corrected chi connectivity index (χ4v) is 7.54. The largest absolute Gasteiger partial charge is 0.208 e. The van der Waals surface area contributed by atoms with Crippen LogP contribution in [0.4, 0.5) is 0 Å². The lowest BCUT2D eigenvalue weighted by Gasteiger charge is -2.13. The van der Waals surface area contributed by atoms with Crippen LogP contribution in [0.3, 0.4) is 0 Å². The van der Waals surface area contributed by atoms with Crippen LogP contribution in [0.25, 0.3) is 86.7 Å². The lowest BCUT2D eigenvalue weighted by molar-refractivity contribution is 1.08. The van der Waals surface area contributed by atoms with Crippen molar-refractivity contribution in [2.75, 3.05) is 0 Å². The number of benzene rings is 7. The Morgan fingerprint density at radius 2 is 0.860 bits per heavy atom. The van der Waals surface area contributed by atoms with Crippen LogP contribution in [0.15, 0.2) is 140 Å². The lowest BCUT2D eigenvalue weighted by atomic mass is 9.97. The second-order valence-electron chi connectivity index (χ2n) is 10.8. The smallest absolute Gasteiger partial charge is 0.165 e. The van der Waals surface area contributed by atoms with Crippen LogP contribution < -0.4 is 0 Å². The van der Waals surface area contributed by atoms with Gasteiger partial charge in [-0.15, -0.1) is 11.3 Å². The molecule has 0 N–H and O–H groups in total. The first-order valence-electron chi connectivity index (χ1n) is 14.4. The Labute approximate surface area is 251 Å². The molecule has 0 aliphatic heterocycles. The number of fused-ring (bicyclic) bond motifs is 7. The molecule has 0 aliphatic carbocycles. The first kappa shape index (κ1) is 24.2. The summed E-state index contributed by atoms with van der Waals surface area (Å²) in [7, 11) is 0. The van der Waals surface area contributed by atoms with Gasteiger partial charge in [-0.2, -0.15) is 0 Å². The maximum absolute atomic E-state index is 5.24. The summed E-state index contributed by atoms with van der Waals surface area (Å²) in [5.41, 5.74) is 3.02. The third kappa shape index (κ3) is 3.84. The number of aromatic nitrogens is 3. The third-order valence-electron chi connectivity index (χ3n) is 8.32. The molecule has 0 radical (unpaired) electrons. The molecule has 0 fully saturated rings. The van der Waals surface area contributed by atoms with E-state index in [-0.39, 0.29) is 0 Å². The molecule has 2 heterocycles. The van der Waals surface area contributed by atoms with Gasteiger partial charge in [0, 0.05) is 42.2 Å². The Kier molecular flexibility index (Phi) is 5.37. The van der Waals surface area contributed by atoms with Gasteiger partial charge in [0.15, 0.2) is 17.5 Å². The fraction of sp³-hybridized carbons (Fsp3) is 0. The van der Waals surface area contributed by atoms with E-state index in [2.05, 4.69) is 140 Å². The van der Waals surface area contributed by atoms with Gasteiger partial charge in [0.25, 0.3) is 0 Å². The highest BCUT2D eigenvalue weighted by atomic mass is 32.1. The number of rotatable bonds is 3. The van der Waals surface area contributed by atoms with E-state index < -0.39 is 0 Å². The third-order valence-corrected chi connectivity index (χ3v) is 9.54. The van der Waals surface area contributed by atoms with Gasteiger partial charge in [0.2, 0.25) is 0 Å². The number of hydrogen-bond acceptors (Lipinski definition) is 4. The molecule has 4 heteroatoms. The minimum Gasteiger partial charge on any atom is -0.208 e. The first-order valence-corrected chi connectivity index (χ1v) is 15.2. The molecule has 0 saturated carbocycles. The van der Waals surface area contributed by atoms with Crippen LogP contribution in [0.1, 0.15) is 0 Å². The van der Waals surface area contributed by atoms with Crippen molar-refractivity contribution in [1.82, 2.24) is 15.0 Å². The van der Waals surface area contributed by atoms with Crippen molar-refractivity contribution in [1.29, 1.82) is 0 Å². The summed E-state index contributed by atoms with van der Waals surface area (Å²) in [5.74, 6) is 2.03. The Morgan fingerprint density at radius 1 is 0.349 bits per heavy atom. The minimum atomic E-state index is 0.673. The molecule has 9 aromatic rings. The Hall–Kier alpha value is -5.45. The number of nitrogens with zero attached hydrogens (tertiary/aromatic N) is 3. The summed E-state index contributed by atoms with van der Waals surface area (Å²) in [5, 5.41) is 9.47. The average Bonchev–Trinajstić information content (AvgIpc) is 3.46. The van der Waals surface area contributed by atoms with Gasteiger partial charge < -0.3 is 0 Å². The van der Waals surface area contributed by atoms with Gasteiger partial charge in [0.05, 0.1) is 0 Å². The number of thiophene rings is 1. The predicted octanol–water partition coefficient (Wildman–Crippen LogP) is 10.7. The van der Waals surface area contributed by atoms with E-state index in [4.69, 9.17) is 15.0 Å². The summed E-state index contributed by atoms with van der Waals surface area (Å²) in [6, 6.07) is 49.1. The van der Waals surface area contributed by atoms with Crippen LogP contribution in [0.2, 0.25) is 0 Å². The molecule has 7 aromatic carbocycles. The van der Waals surface area contributed by atoms with E-state index in [9.17, 15) is 0 Å². The summed E-state index contributed by atoms with van der Waals surface area (Å²) in [6.45, 7) is 0. The minimum absolute atomic E-state index is 0.673. The second-order valence-corrected chi connectivity index (χ2v) is 11.9. The maximum Gasteiger partial charge on any atom is 0.165 e. The highest BCUT2D eigenvalue weighted by molar-refractivity contribution is 7.26. The van der Waals surface area contributed by atoms with Gasteiger partial charge in [-0.3, -0.25) is 0 Å². The zero-order chi connectivity index (χ0) is 28.3. The molecule has 0 spiro atoms. The molecule has 0 atom stereocenters. The Bertz CT molecular complexity index is 2520. The highest BCUT2D eigenvalue weighted by Gasteiger charge is 2.19. The zero-order valence-electron chi connectivity index (χ0n) is 23.0. The van der Waals surface area contributed by atoms with Crippen LogP contribution in [-0.4, -0.2) is 15.0 Å². The Balaban J connectivity index is 1.39. The van der Waals surface area contributed by atoms with Crippen LogP contribution in [0, 0.1) is 0 Å². The molecule has 9 rings (SSSR count). The monoisotopic (exact) mass is 565 g/mol. The van der Waals surface area contributed by atoms with Crippen molar-refractivity contribution in [3.05, 3.63) is 140 Å². The van der Waals surface area contributed by atoms with Crippen molar-refractivity contribution in [2.24, 2.45) is 0 Å². The summed E-state index contributed by atoms with van der Waals surface area (Å²) in [6.07, 6.45) is 0. The van der Waals surface area contributed by atoms with E-state index in [1.807, 2.05) is 0 Å². The van der Waals surface area contributed by atoms with Gasteiger partial charge in [-0.25, -0.2) is 15.0 Å². The highest BCUT2D eigenvalue weighted by Crippen LogP contribution is 2.40. The molecule has 0 aliphatic rings. The molecular weight excluding hydrogens is 543 g/mol. The standard InChI is InChI=1S/C39H23N3S/c1-3-14-27-24(10-1)12-7-18-31(27)37-40-38(32-19-8-13-26-23-22-25-11-2-4-15-28(25)35(26)32)42-39(41-37)33-20-9-17-30-29-16-5-6-21-34(29)43-36(30)33/h1-23H. The van der Waals surface area contributed by atoms with Gasteiger partial charge in [-0.1, -0.05) is 127 Å². The van der Waals surface area contributed by atoms with Crippen LogP contribution in [-0.2, 0) is 0 Å². The topological polar surface area (TPSA) is 38.7 Å². The lowest BCUT2D eigenvalue weighted by Crippen LogP contribution is -2.01. The van der Waals surface area contributed by atoms with Gasteiger partial charge in [0.1, 0.15) is 0 Å². The molecular formula is C39H23N3S. The molecule has 3 nitrogen and oxygen atoms in total. The molecule has 200 valence electrons. The van der Waals surface area contributed by atoms with E-state index in [0.717, 1.165) is 38.2 Å². The molecule has 0 unspecified atom stereocenters. The van der Waals surface area contributed by atoms with Crippen molar-refractivity contribution < 1.29 is 0 Å². The summed E-state index contributed by atoms with van der Waals surface area (Å²) < 4.78 is 2.45. The quantitative estimate of drug-likeness (QED) is 0.200. The van der Waals surface area contributed by atoms with Crippen molar-refractivity contribution in [3.63, 3.8) is 0 Å². The van der Waals surface area contributed by atoms with E-state index >= 15 is 0 Å². The van der Waals surface area contributed by atoms with Crippen molar-refractivity contribution in [2.45, 2.75) is 0 Å². The fourth-order valence-electron chi connectivity index (χ4n) is 6.33. The van der Waals surface area contributed by atoms with Crippen LogP contribution in [0.5, 0.6) is 0 Å². The molecule has 0 bridgehead atoms. The van der Waals surface area contributed by atoms with Crippen molar-refractivity contribution >= 4 is 63.8 Å². The molecule has 0 amide bonds. The van der Waals surface area contributed by atoms with Crippen molar-refractivity contribution in [3.8, 4) is 34.2 Å². The average molecular weight is 566 g/mol. The SMILES string of the molecule is c1ccc2c(-c3nc(-c4cccc5c4sc4ccccc45)nc(-c4cccc5ccc6ccccc6c45)n3)cccc2c1. The first-order chi connectivity index (χ1) is 21.3. The van der Waals surface area contributed by atoms with E-state index in [1.165, 1.54) is 30.9 Å². The van der Waals surface area contributed by atoms with Crippen LogP contribution >= 0.6 is 11.3 Å². The second kappa shape index (κ2) is 9.55. The summed E-state index contributed by atoms with van der Waals surface area (Å²) in [4.78, 5) is 15.6. The van der Waals surface area contributed by atoms with E-state index in [0.29, 0.717) is 17.5 Å². The van der Waals surface area contributed by atoms with Gasteiger partial charge in [-0.05, 0) is 39.1 Å². The molecule has 0 saturated heterocycles. The normalized spacial score (nSPS) is 11.7. The molecule has 43 heavy (non-hydrogen) atoms. The summed E-state index contributed by atoms with van der Waals surface area (Å²) >= 11 is 1.79. The number of hydrogen-bond donors (Lipinski definition) is 0.